The van der Waals surface area contributed by atoms with E-state index in [4.69, 9.17) is 9.47 Å². The zero-order valence-electron chi connectivity index (χ0n) is 22.3. The Labute approximate surface area is 230 Å². The van der Waals surface area contributed by atoms with Crippen molar-refractivity contribution in [2.24, 2.45) is 11.8 Å². The van der Waals surface area contributed by atoms with Gasteiger partial charge in [-0.15, -0.1) is 6.58 Å². The molecule has 2 unspecified atom stereocenters. The molecule has 0 radical (unpaired) electrons. The van der Waals surface area contributed by atoms with E-state index < -0.39 is 0 Å². The van der Waals surface area contributed by atoms with Crippen LogP contribution in [-0.4, -0.2) is 0 Å². The summed E-state index contributed by atoms with van der Waals surface area (Å²) in [5, 5.41) is 4.64. The molecule has 5 aromatic carbocycles. The summed E-state index contributed by atoms with van der Waals surface area (Å²) in [7, 11) is 0. The third kappa shape index (κ3) is 4.04. The Hall–Kier alpha value is -4.56. The van der Waals surface area contributed by atoms with Crippen molar-refractivity contribution in [2.75, 3.05) is 0 Å². The summed E-state index contributed by atoms with van der Waals surface area (Å²) >= 11 is 0. The van der Waals surface area contributed by atoms with Crippen LogP contribution in [0.4, 0.5) is 0 Å². The molecule has 6 rings (SSSR count). The minimum Gasteiger partial charge on any atom is -0.466 e. The second-order valence-electron chi connectivity index (χ2n) is 10.4. The van der Waals surface area contributed by atoms with Crippen LogP contribution in [-0.2, 0) is 11.8 Å². The zero-order chi connectivity index (χ0) is 27.0. The van der Waals surface area contributed by atoms with E-state index in [0.717, 1.165) is 28.7 Å². The fraction of sp³-hybridized carbons (Fsp3) is 0.135. The molecule has 2 heteroatoms. The van der Waals surface area contributed by atoms with Crippen LogP contribution < -0.4 is 9.47 Å². The van der Waals surface area contributed by atoms with Crippen molar-refractivity contribution in [3.8, 4) is 11.5 Å². The first-order chi connectivity index (χ1) is 19.1. The predicted molar refractivity (Wildman–Crippen MR) is 162 cm³/mol. The molecule has 0 aliphatic heterocycles. The summed E-state index contributed by atoms with van der Waals surface area (Å²) in [4.78, 5) is 0. The van der Waals surface area contributed by atoms with E-state index in [1.165, 1.54) is 45.6 Å². The molecule has 0 spiro atoms. The summed E-state index contributed by atoms with van der Waals surface area (Å²) < 4.78 is 11.1. The molecule has 0 fully saturated rings. The Morgan fingerprint density at radius 2 is 1.18 bits per heavy atom. The normalized spacial score (nSPS) is 17.8. The van der Waals surface area contributed by atoms with Gasteiger partial charge in [0.25, 0.3) is 0 Å². The number of fused-ring (bicyclic) bond motifs is 3. The third-order valence-corrected chi connectivity index (χ3v) is 8.50. The number of benzene rings is 5. The van der Waals surface area contributed by atoms with E-state index in [2.05, 4.69) is 118 Å². The van der Waals surface area contributed by atoms with Gasteiger partial charge in [0.05, 0.1) is 12.5 Å². The fourth-order valence-corrected chi connectivity index (χ4v) is 6.65. The SMILES string of the molecule is C=COc1ccc2cc(C3(c4ccc5cc(OC=C)ccc5c4)c4ccccc4CC(C=C)C3C)ccc2c1. The highest BCUT2D eigenvalue weighted by molar-refractivity contribution is 5.87. The van der Waals surface area contributed by atoms with Gasteiger partial charge in [0.2, 0.25) is 0 Å². The summed E-state index contributed by atoms with van der Waals surface area (Å²) in [5.74, 6) is 2.19. The molecule has 192 valence electrons. The topological polar surface area (TPSA) is 18.5 Å². The first kappa shape index (κ1) is 24.8. The molecule has 1 aliphatic carbocycles. The van der Waals surface area contributed by atoms with Gasteiger partial charge >= 0.3 is 0 Å². The molecular weight excluding hydrogens is 476 g/mol. The molecule has 0 aromatic heterocycles. The van der Waals surface area contributed by atoms with E-state index in [0.29, 0.717) is 5.92 Å². The highest BCUT2D eigenvalue weighted by Gasteiger charge is 2.48. The van der Waals surface area contributed by atoms with Gasteiger partial charge in [0.1, 0.15) is 11.5 Å². The van der Waals surface area contributed by atoms with Crippen molar-refractivity contribution in [2.45, 2.75) is 18.8 Å². The molecule has 2 atom stereocenters. The lowest BCUT2D eigenvalue weighted by Gasteiger charge is -2.48. The molecule has 1 aliphatic rings. The lowest BCUT2D eigenvalue weighted by molar-refractivity contribution is 0.288. The van der Waals surface area contributed by atoms with Crippen molar-refractivity contribution >= 4 is 21.5 Å². The van der Waals surface area contributed by atoms with Crippen molar-refractivity contribution in [1.29, 1.82) is 0 Å². The van der Waals surface area contributed by atoms with Gasteiger partial charge in [-0.1, -0.05) is 86.8 Å². The maximum atomic E-state index is 5.54. The highest BCUT2D eigenvalue weighted by Crippen LogP contribution is 2.54. The van der Waals surface area contributed by atoms with Gasteiger partial charge < -0.3 is 9.47 Å². The molecule has 0 heterocycles. The molecule has 0 amide bonds. The van der Waals surface area contributed by atoms with Gasteiger partial charge in [-0.3, -0.25) is 0 Å². The maximum Gasteiger partial charge on any atom is 0.127 e. The van der Waals surface area contributed by atoms with E-state index in [-0.39, 0.29) is 11.3 Å². The second kappa shape index (κ2) is 9.96. The van der Waals surface area contributed by atoms with Gasteiger partial charge in [0.15, 0.2) is 0 Å². The van der Waals surface area contributed by atoms with Crippen LogP contribution in [0, 0.1) is 11.8 Å². The van der Waals surface area contributed by atoms with Gasteiger partial charge in [-0.2, -0.15) is 0 Å². The van der Waals surface area contributed by atoms with Crippen LogP contribution >= 0.6 is 0 Å². The number of hydrogen-bond donors (Lipinski definition) is 0. The van der Waals surface area contributed by atoms with E-state index in [1.807, 2.05) is 12.1 Å². The van der Waals surface area contributed by atoms with Crippen molar-refractivity contribution in [1.82, 2.24) is 0 Å². The fourth-order valence-electron chi connectivity index (χ4n) is 6.65. The van der Waals surface area contributed by atoms with Gasteiger partial charge in [-0.25, -0.2) is 0 Å². The number of hydrogen-bond acceptors (Lipinski definition) is 2. The minimum absolute atomic E-state index is 0.284. The average molecular weight is 509 g/mol. The van der Waals surface area contributed by atoms with Crippen LogP contribution in [0.25, 0.3) is 21.5 Å². The van der Waals surface area contributed by atoms with Crippen molar-refractivity contribution in [3.05, 3.63) is 158 Å². The molecule has 0 bridgehead atoms. The Kier molecular flexibility index (Phi) is 6.32. The number of rotatable bonds is 7. The Balaban J connectivity index is 1.64. The van der Waals surface area contributed by atoms with E-state index in [9.17, 15) is 0 Å². The largest absolute Gasteiger partial charge is 0.466 e. The first-order valence-corrected chi connectivity index (χ1v) is 13.4. The van der Waals surface area contributed by atoms with E-state index in [1.54, 1.807) is 0 Å². The summed E-state index contributed by atoms with van der Waals surface area (Å²) in [6.07, 6.45) is 6.07. The summed E-state index contributed by atoms with van der Waals surface area (Å²) in [6.45, 7) is 14.0. The average Bonchev–Trinajstić information content (AvgIpc) is 2.97. The summed E-state index contributed by atoms with van der Waals surface area (Å²) in [6, 6.07) is 35.1. The maximum absolute atomic E-state index is 5.54. The lowest BCUT2D eigenvalue weighted by atomic mass is 9.54. The molecule has 39 heavy (non-hydrogen) atoms. The molecule has 0 N–H and O–H groups in total. The molecule has 2 nitrogen and oxygen atoms in total. The van der Waals surface area contributed by atoms with Crippen LogP contribution in [0.15, 0.2) is 135 Å². The molecule has 5 aromatic rings. The molecular formula is C37H32O2. The molecule has 0 saturated carbocycles. The van der Waals surface area contributed by atoms with Crippen LogP contribution in [0.1, 0.15) is 29.2 Å². The molecule has 0 saturated heterocycles. The number of ether oxygens (including phenoxy) is 2. The lowest BCUT2D eigenvalue weighted by Crippen LogP contribution is -2.44. The monoisotopic (exact) mass is 508 g/mol. The second-order valence-corrected chi connectivity index (χ2v) is 10.4. The van der Waals surface area contributed by atoms with Crippen LogP contribution in [0.2, 0.25) is 0 Å². The quantitative estimate of drug-likeness (QED) is 0.161. The zero-order valence-corrected chi connectivity index (χ0v) is 22.3. The van der Waals surface area contributed by atoms with Gasteiger partial charge in [-0.05, 0) is 98.5 Å². The van der Waals surface area contributed by atoms with Crippen LogP contribution in [0.3, 0.4) is 0 Å². The third-order valence-electron chi connectivity index (χ3n) is 8.50. The van der Waals surface area contributed by atoms with Crippen molar-refractivity contribution in [3.63, 3.8) is 0 Å². The number of allylic oxidation sites excluding steroid dienone is 1. The smallest absolute Gasteiger partial charge is 0.127 e. The standard InChI is InChI=1S/C37H32O2/c1-5-26-20-31-10-8-9-11-36(31)37(25(26)4,32-16-12-29-23-34(38-6-2)18-14-27(29)21-32)33-17-13-30-24-35(39-7-3)19-15-28(30)22-33/h5-19,21-26H,1-3,20H2,4H3. The Morgan fingerprint density at radius 1 is 0.667 bits per heavy atom. The Bertz CT molecular complexity index is 1630. The first-order valence-electron chi connectivity index (χ1n) is 13.4. The van der Waals surface area contributed by atoms with Crippen molar-refractivity contribution < 1.29 is 9.47 Å². The van der Waals surface area contributed by atoms with Crippen LogP contribution in [0.5, 0.6) is 11.5 Å². The highest BCUT2D eigenvalue weighted by atomic mass is 16.5. The minimum atomic E-state index is -0.358. The van der Waals surface area contributed by atoms with E-state index >= 15 is 0 Å². The predicted octanol–water partition coefficient (Wildman–Crippen LogP) is 9.37. The Morgan fingerprint density at radius 3 is 1.72 bits per heavy atom. The summed E-state index contributed by atoms with van der Waals surface area (Å²) in [5.41, 5.74) is 4.95. The van der Waals surface area contributed by atoms with Gasteiger partial charge in [0, 0.05) is 5.41 Å².